The summed E-state index contributed by atoms with van der Waals surface area (Å²) in [6.45, 7) is 2.85. The number of carbonyl (C=O) groups is 2. The van der Waals surface area contributed by atoms with Gasteiger partial charge in [-0.05, 0) is 12.8 Å². The van der Waals surface area contributed by atoms with Crippen LogP contribution in [0.5, 0.6) is 0 Å². The van der Waals surface area contributed by atoms with Crippen LogP contribution in [-0.4, -0.2) is 79.6 Å². The van der Waals surface area contributed by atoms with E-state index < -0.39 is 57.5 Å². The van der Waals surface area contributed by atoms with Gasteiger partial charge >= 0.3 is 19.8 Å². The smallest absolute Gasteiger partial charge is 0.462 e. The minimum Gasteiger partial charge on any atom is -0.462 e. The summed E-state index contributed by atoms with van der Waals surface area (Å²) in [5.74, 6) is -0.884. The Morgan fingerprint density at radius 2 is 1.74 bits per heavy atom. The van der Waals surface area contributed by atoms with Crippen LogP contribution in [0.15, 0.2) is 6.33 Å². The fraction of sp³-hybridized carbons (Fsp3) is 0.759. The second-order valence-corrected chi connectivity index (χ2v) is 13.2. The minimum absolute atomic E-state index is 0.0872. The lowest BCUT2D eigenvalue weighted by Gasteiger charge is -2.21. The number of hydrogen-bond acceptors (Lipinski definition) is 13. The van der Waals surface area contributed by atoms with Crippen molar-refractivity contribution in [2.45, 2.75) is 122 Å². The van der Waals surface area contributed by atoms with Crippen molar-refractivity contribution in [3.63, 3.8) is 0 Å². The third-order valence-electron chi connectivity index (χ3n) is 7.50. The zero-order valence-electron chi connectivity index (χ0n) is 26.6. The van der Waals surface area contributed by atoms with Crippen LogP contribution in [0.1, 0.15) is 104 Å². The normalized spacial score (nSPS) is 20.0. The van der Waals surface area contributed by atoms with Crippen LogP contribution in [0, 0.1) is 4.64 Å². The van der Waals surface area contributed by atoms with E-state index in [-0.39, 0.29) is 36.5 Å². The molecule has 3 rings (SSSR count). The zero-order valence-corrected chi connectivity index (χ0v) is 28.3. The molecule has 46 heavy (non-hydrogen) atoms. The molecule has 2 aromatic heterocycles. The molecule has 0 radical (unpaired) electrons. The molecule has 0 aromatic carbocycles. The van der Waals surface area contributed by atoms with E-state index in [4.69, 9.17) is 41.2 Å². The first-order valence-corrected chi connectivity index (χ1v) is 18.0. The molecule has 5 atom stereocenters. The van der Waals surface area contributed by atoms with Crippen molar-refractivity contribution in [1.82, 2.24) is 19.5 Å². The number of hydrogen-bond donors (Lipinski definition) is 4. The average molecular weight is 690 g/mol. The number of nitrogens with zero attached hydrogens (tertiary/aromatic N) is 3. The van der Waals surface area contributed by atoms with Gasteiger partial charge in [-0.3, -0.25) is 23.2 Å². The van der Waals surface area contributed by atoms with Crippen LogP contribution in [0.25, 0.3) is 11.2 Å². The summed E-state index contributed by atoms with van der Waals surface area (Å²) in [7, 11) is -4.70. The molecule has 1 aliphatic heterocycles. The topological polar surface area (TPSA) is 210 Å². The summed E-state index contributed by atoms with van der Waals surface area (Å²) < 4.78 is 41.4. The number of rotatable bonds is 22. The number of aromatic nitrogens is 4. The van der Waals surface area contributed by atoms with Crippen LogP contribution >= 0.6 is 20.0 Å². The number of H-pyrrole nitrogens is 1. The molecular formula is C29H48N5O10PS. The standard InChI is InChI=1S/C29H48N5O10PS/c1-3-5-7-9-11-13-24(36)40-16-20(43-25(37)14-12-10-8-6-4-2)17-41-45(38,39)42-18-22-21(35)15-23(44-22)34-19-31-26-27(34)32-29(30)33-28(26)46/h19-23,35H,3-18H2,1-2H3,(H,38,39)(H3,30,32,33,46)/t20-,21+,22-,23-/m1/s1. The van der Waals surface area contributed by atoms with Gasteiger partial charge in [0.15, 0.2) is 16.7 Å². The first kappa shape index (κ1) is 38.0. The lowest BCUT2D eigenvalue weighted by Crippen LogP contribution is -2.30. The van der Waals surface area contributed by atoms with E-state index in [0.29, 0.717) is 24.0 Å². The molecule has 0 aliphatic carbocycles. The number of unbranched alkanes of at least 4 members (excludes halogenated alkanes) is 8. The van der Waals surface area contributed by atoms with E-state index in [1.807, 2.05) is 0 Å². The highest BCUT2D eigenvalue weighted by Gasteiger charge is 2.38. The fourth-order valence-corrected chi connectivity index (χ4v) is 5.97. The van der Waals surface area contributed by atoms with Crippen LogP contribution < -0.4 is 5.73 Å². The summed E-state index contributed by atoms with van der Waals surface area (Å²) in [4.78, 5) is 46.1. The number of nitrogens with two attached hydrogens (primary N) is 1. The van der Waals surface area contributed by atoms with E-state index in [0.717, 1.165) is 51.4 Å². The first-order valence-electron chi connectivity index (χ1n) is 16.1. The van der Waals surface area contributed by atoms with Gasteiger partial charge in [0.1, 0.15) is 30.1 Å². The number of imidazole rings is 1. The Bertz CT molecular complexity index is 1360. The molecule has 1 unspecified atom stereocenters. The van der Waals surface area contributed by atoms with Crippen molar-refractivity contribution in [1.29, 1.82) is 0 Å². The molecule has 1 fully saturated rings. The monoisotopic (exact) mass is 689 g/mol. The van der Waals surface area contributed by atoms with Gasteiger partial charge in [-0.2, -0.15) is 0 Å². The summed E-state index contributed by atoms with van der Waals surface area (Å²) in [5.41, 5.74) is 6.63. The molecule has 5 N–H and O–H groups in total. The van der Waals surface area contributed by atoms with Gasteiger partial charge < -0.3 is 34.9 Å². The molecular weight excluding hydrogens is 641 g/mol. The summed E-state index contributed by atoms with van der Waals surface area (Å²) in [5, 5.41) is 10.6. The van der Waals surface area contributed by atoms with E-state index in [9.17, 15) is 24.2 Å². The minimum atomic E-state index is -4.70. The lowest BCUT2D eigenvalue weighted by atomic mass is 10.1. The van der Waals surface area contributed by atoms with Crippen molar-refractivity contribution in [3.8, 4) is 0 Å². The highest BCUT2D eigenvalue weighted by molar-refractivity contribution is 7.71. The zero-order chi connectivity index (χ0) is 33.5. The fourth-order valence-electron chi connectivity index (χ4n) is 4.95. The molecule has 0 amide bonds. The average Bonchev–Trinajstić information content (AvgIpc) is 3.60. The maximum Gasteiger partial charge on any atom is 0.472 e. The Morgan fingerprint density at radius 3 is 2.41 bits per heavy atom. The van der Waals surface area contributed by atoms with Crippen molar-refractivity contribution < 1.29 is 47.4 Å². The Balaban J connectivity index is 1.51. The predicted octanol–water partition coefficient (Wildman–Crippen LogP) is 5.03. The van der Waals surface area contributed by atoms with Crippen LogP contribution in [0.3, 0.4) is 0 Å². The molecule has 3 heterocycles. The van der Waals surface area contributed by atoms with Gasteiger partial charge in [0.25, 0.3) is 0 Å². The van der Waals surface area contributed by atoms with Crippen LogP contribution in [0.2, 0.25) is 0 Å². The molecule has 2 aromatic rings. The Hall–Kier alpha value is -2.46. The summed E-state index contributed by atoms with van der Waals surface area (Å²) >= 11 is 5.19. The number of esters is 2. The van der Waals surface area contributed by atoms with E-state index in [1.54, 1.807) is 4.57 Å². The number of anilines is 1. The van der Waals surface area contributed by atoms with E-state index in [1.165, 1.54) is 6.33 Å². The maximum atomic E-state index is 12.7. The largest absolute Gasteiger partial charge is 0.472 e. The molecule has 0 saturated carbocycles. The summed E-state index contributed by atoms with van der Waals surface area (Å²) in [6, 6.07) is 0. The van der Waals surface area contributed by atoms with Crippen molar-refractivity contribution in [2.75, 3.05) is 25.6 Å². The van der Waals surface area contributed by atoms with Crippen LogP contribution in [0.4, 0.5) is 5.95 Å². The SMILES string of the molecule is CCCCCCCC(=O)OC[C@H](COP(=O)(O)OC[C@H]1O[C@@H](n2cnc3c(=S)nc(N)[nH]c32)C[C@@H]1O)OC(=O)CCCCCCC. The van der Waals surface area contributed by atoms with Gasteiger partial charge in [-0.25, -0.2) is 14.5 Å². The number of carbonyl (C=O) groups excluding carboxylic acids is 2. The number of ether oxygens (including phenoxy) is 3. The number of nitrogens with one attached hydrogen (secondary N) is 1. The second-order valence-electron chi connectivity index (χ2n) is 11.4. The number of fused-ring (bicyclic) bond motifs is 1. The van der Waals surface area contributed by atoms with Gasteiger partial charge in [-0.1, -0.05) is 77.4 Å². The van der Waals surface area contributed by atoms with Gasteiger partial charge in [0.05, 0.1) is 25.6 Å². The summed E-state index contributed by atoms with van der Waals surface area (Å²) in [6.07, 6.45) is 7.64. The molecule has 15 nitrogen and oxygen atoms in total. The molecule has 0 spiro atoms. The number of phosphoric acid groups is 1. The number of aliphatic hydroxyl groups is 1. The lowest BCUT2D eigenvalue weighted by molar-refractivity contribution is -0.161. The molecule has 1 aliphatic rings. The predicted molar refractivity (Wildman–Crippen MR) is 171 cm³/mol. The first-order chi connectivity index (χ1) is 22.0. The Morgan fingerprint density at radius 1 is 1.09 bits per heavy atom. The van der Waals surface area contributed by atoms with E-state index in [2.05, 4.69) is 28.8 Å². The Kier molecular flexibility index (Phi) is 16.0. The second kappa shape index (κ2) is 19.4. The third-order valence-corrected chi connectivity index (χ3v) is 8.74. The van der Waals surface area contributed by atoms with Crippen molar-refractivity contribution in [3.05, 3.63) is 11.0 Å². The molecule has 1 saturated heterocycles. The maximum absolute atomic E-state index is 12.7. The van der Waals surface area contributed by atoms with Crippen LogP contribution in [-0.2, 0) is 37.4 Å². The highest BCUT2D eigenvalue weighted by atomic mass is 32.1. The number of aromatic amines is 1. The third kappa shape index (κ3) is 12.6. The number of phosphoric ester groups is 1. The van der Waals surface area contributed by atoms with E-state index >= 15 is 0 Å². The quantitative estimate of drug-likeness (QED) is 0.0553. The van der Waals surface area contributed by atoms with Gasteiger partial charge in [-0.15, -0.1) is 0 Å². The van der Waals surface area contributed by atoms with Gasteiger partial charge in [0, 0.05) is 19.3 Å². The molecule has 17 heteroatoms. The highest BCUT2D eigenvalue weighted by Crippen LogP contribution is 2.44. The number of nitrogen functional groups attached to an aromatic ring is 1. The Labute approximate surface area is 274 Å². The van der Waals surface area contributed by atoms with Crippen molar-refractivity contribution >= 4 is 49.1 Å². The van der Waals surface area contributed by atoms with Gasteiger partial charge in [0.2, 0.25) is 0 Å². The van der Waals surface area contributed by atoms with Crippen molar-refractivity contribution in [2.24, 2.45) is 0 Å². The molecule has 260 valence electrons. The molecule has 0 bridgehead atoms. The number of aliphatic hydroxyl groups excluding tert-OH is 1.